The largest absolute Gasteiger partial charge is 3.00 e. The number of rotatable bonds is 1. The van der Waals surface area contributed by atoms with E-state index in [0.29, 0.717) is 5.56 Å². The van der Waals surface area contributed by atoms with Crippen molar-refractivity contribution in [1.29, 1.82) is 0 Å². The molecule has 0 fully saturated rings. The van der Waals surface area contributed by atoms with Gasteiger partial charge in [0.15, 0.2) is 0 Å². The van der Waals surface area contributed by atoms with E-state index in [1.807, 2.05) is 30.3 Å². The first-order chi connectivity index (χ1) is 7.70. The summed E-state index contributed by atoms with van der Waals surface area (Å²) in [6.07, 6.45) is 0. The molecule has 0 bridgehead atoms. The van der Waals surface area contributed by atoms with Gasteiger partial charge in [-0.3, -0.25) is 0 Å². The van der Waals surface area contributed by atoms with Crippen molar-refractivity contribution in [3.8, 4) is 0 Å². The number of halogens is 2. The Morgan fingerprint density at radius 1 is 0.842 bits per heavy atom. The van der Waals surface area contributed by atoms with E-state index in [-0.39, 0.29) is 46.5 Å². The minimum atomic E-state index is -0.879. The van der Waals surface area contributed by atoms with E-state index in [0.717, 1.165) is 5.56 Å². The maximum Gasteiger partial charge on any atom is 3.00 e. The topological polar surface area (TPSA) is 37.3 Å². The van der Waals surface area contributed by atoms with Crippen molar-refractivity contribution in [3.63, 3.8) is 0 Å². The smallest absolute Gasteiger partial charge is 1.00 e. The Morgan fingerprint density at radius 3 is 1.42 bits per heavy atom. The standard InChI is InChI=1S/C7H6O2.C7H7.2ClH.Ti/c8-7(9)6-4-2-1-3-5-6;1-7-5-3-2-4-6-7;;;/h1-5H,(H,8,9);2-6H,1H2;2*1H;/q;-1;;;+3/p-2. The minimum absolute atomic E-state index is 0. The first-order valence-electron chi connectivity index (χ1n) is 4.85. The average molecular weight is 332 g/mol. The van der Waals surface area contributed by atoms with Gasteiger partial charge in [0, 0.05) is 0 Å². The molecule has 0 aliphatic heterocycles. The van der Waals surface area contributed by atoms with Crippen LogP contribution in [0.4, 0.5) is 0 Å². The number of benzene rings is 2. The maximum atomic E-state index is 10.2. The second-order valence-electron chi connectivity index (χ2n) is 3.16. The third-order valence-electron chi connectivity index (χ3n) is 1.86. The van der Waals surface area contributed by atoms with Crippen LogP contribution in [0.2, 0.25) is 0 Å². The number of carboxylic acid groups (broad SMARTS) is 1. The van der Waals surface area contributed by atoms with Gasteiger partial charge in [-0.05, 0) is 12.1 Å². The van der Waals surface area contributed by atoms with Gasteiger partial charge in [-0.25, -0.2) is 4.79 Å². The fourth-order valence-corrected chi connectivity index (χ4v) is 1.06. The van der Waals surface area contributed by atoms with Crippen molar-refractivity contribution >= 4 is 5.97 Å². The van der Waals surface area contributed by atoms with Crippen LogP contribution in [-0.2, 0) is 21.7 Å². The summed E-state index contributed by atoms with van der Waals surface area (Å²) in [5.74, 6) is -0.879. The van der Waals surface area contributed by atoms with Crippen molar-refractivity contribution in [1.82, 2.24) is 0 Å². The summed E-state index contributed by atoms with van der Waals surface area (Å²) in [5.41, 5.74) is 1.40. The predicted octanol–water partition coefficient (Wildman–Crippen LogP) is -2.74. The van der Waals surface area contributed by atoms with Gasteiger partial charge >= 0.3 is 27.7 Å². The van der Waals surface area contributed by atoms with Crippen LogP contribution in [-0.4, -0.2) is 11.1 Å². The van der Waals surface area contributed by atoms with Crippen LogP contribution in [0.3, 0.4) is 0 Å². The first kappa shape index (κ1) is 23.2. The quantitative estimate of drug-likeness (QED) is 0.455. The Bertz CT molecular complexity index is 436. The Kier molecular flexibility index (Phi) is 16.5. The molecule has 0 aliphatic rings. The third kappa shape index (κ3) is 10.7. The van der Waals surface area contributed by atoms with E-state index in [1.165, 1.54) is 0 Å². The zero-order chi connectivity index (χ0) is 11.8. The van der Waals surface area contributed by atoms with Crippen molar-refractivity contribution in [2.45, 2.75) is 0 Å². The fourth-order valence-electron chi connectivity index (χ4n) is 1.06. The van der Waals surface area contributed by atoms with Crippen LogP contribution in [0.5, 0.6) is 0 Å². The number of hydrogen-bond donors (Lipinski definition) is 1. The molecule has 0 atom stereocenters. The Labute approximate surface area is 140 Å². The molecule has 0 aliphatic carbocycles. The summed E-state index contributed by atoms with van der Waals surface area (Å²) in [4.78, 5) is 10.2. The van der Waals surface area contributed by atoms with Gasteiger partial charge in [0.1, 0.15) is 0 Å². The summed E-state index contributed by atoms with van der Waals surface area (Å²) >= 11 is 0. The molecule has 0 amide bonds. The van der Waals surface area contributed by atoms with Gasteiger partial charge in [0.05, 0.1) is 5.56 Å². The molecule has 0 unspecified atom stereocenters. The molecule has 2 nitrogen and oxygen atoms in total. The van der Waals surface area contributed by atoms with Crippen molar-refractivity contribution in [2.24, 2.45) is 0 Å². The van der Waals surface area contributed by atoms with Crippen LogP contribution in [0.25, 0.3) is 0 Å². The summed E-state index contributed by atoms with van der Waals surface area (Å²) < 4.78 is 0. The monoisotopic (exact) mass is 331 g/mol. The van der Waals surface area contributed by atoms with Crippen LogP contribution >= 0.6 is 0 Å². The molecule has 0 heterocycles. The molecule has 2 rings (SSSR count). The number of hydrogen-bond acceptors (Lipinski definition) is 1. The third-order valence-corrected chi connectivity index (χ3v) is 1.86. The molecular weight excluding hydrogens is 319 g/mol. The van der Waals surface area contributed by atoms with E-state index < -0.39 is 5.97 Å². The summed E-state index contributed by atoms with van der Waals surface area (Å²) in [6.45, 7) is 3.72. The van der Waals surface area contributed by atoms with Crippen LogP contribution in [0.1, 0.15) is 15.9 Å². The van der Waals surface area contributed by atoms with E-state index in [1.54, 1.807) is 30.3 Å². The van der Waals surface area contributed by atoms with E-state index in [4.69, 9.17) is 5.11 Å². The molecule has 1 N–H and O–H groups in total. The van der Waals surface area contributed by atoms with Gasteiger partial charge in [-0.15, -0.1) is 12.1 Å². The Hall–Kier alpha value is -0.926. The first-order valence-corrected chi connectivity index (χ1v) is 4.85. The average Bonchev–Trinajstić information content (AvgIpc) is 2.32. The van der Waals surface area contributed by atoms with E-state index >= 15 is 0 Å². The van der Waals surface area contributed by atoms with Gasteiger partial charge in [0.2, 0.25) is 0 Å². The minimum Gasteiger partial charge on any atom is -1.00 e. The van der Waals surface area contributed by atoms with Gasteiger partial charge in [0.25, 0.3) is 0 Å². The van der Waals surface area contributed by atoms with Crippen LogP contribution < -0.4 is 24.8 Å². The maximum absolute atomic E-state index is 10.2. The molecule has 0 spiro atoms. The molecule has 2 aromatic carbocycles. The van der Waals surface area contributed by atoms with Gasteiger partial charge in [-0.1, -0.05) is 24.3 Å². The zero-order valence-electron chi connectivity index (χ0n) is 10.1. The van der Waals surface area contributed by atoms with Gasteiger partial charge < -0.3 is 29.9 Å². The molecule has 0 aromatic heterocycles. The zero-order valence-corrected chi connectivity index (χ0v) is 13.2. The molecule has 2 aromatic rings. The number of carbonyl (C=O) groups is 1. The Balaban J connectivity index is -0.000000237. The second kappa shape index (κ2) is 13.5. The van der Waals surface area contributed by atoms with Crippen molar-refractivity contribution < 1.29 is 56.4 Å². The molecule has 99 valence electrons. The molecule has 1 radical (unpaired) electrons. The van der Waals surface area contributed by atoms with Crippen molar-refractivity contribution in [3.05, 3.63) is 78.7 Å². The molecule has 19 heavy (non-hydrogen) atoms. The van der Waals surface area contributed by atoms with Crippen molar-refractivity contribution in [2.75, 3.05) is 0 Å². The summed E-state index contributed by atoms with van der Waals surface area (Å²) in [6, 6.07) is 18.2. The molecule has 0 saturated carbocycles. The SMILES string of the molecule is O=C(O)c1ccccc1.[CH2-]c1ccccc1.[Cl-].[Cl-].[Ti+3]. The van der Waals surface area contributed by atoms with Crippen LogP contribution in [0.15, 0.2) is 60.7 Å². The van der Waals surface area contributed by atoms with E-state index in [9.17, 15) is 4.79 Å². The summed E-state index contributed by atoms with van der Waals surface area (Å²) in [7, 11) is 0. The number of carboxylic acids is 1. The normalized spacial score (nSPS) is 7.37. The number of aromatic carboxylic acids is 1. The Morgan fingerprint density at radius 2 is 1.21 bits per heavy atom. The summed E-state index contributed by atoms with van der Waals surface area (Å²) in [5, 5.41) is 8.38. The predicted molar refractivity (Wildman–Crippen MR) is 64.3 cm³/mol. The van der Waals surface area contributed by atoms with Crippen LogP contribution in [0, 0.1) is 6.92 Å². The van der Waals surface area contributed by atoms with E-state index in [2.05, 4.69) is 6.92 Å². The second-order valence-corrected chi connectivity index (χ2v) is 3.16. The fraction of sp³-hybridized carbons (Fsp3) is 0. The molecule has 5 heteroatoms. The van der Waals surface area contributed by atoms with Gasteiger partial charge in [-0.2, -0.15) is 24.6 Å². The molecule has 0 saturated heterocycles. The molecular formula is C14H13Cl2O2Ti.